The maximum absolute atomic E-state index is 9.68. The van der Waals surface area contributed by atoms with E-state index in [0.717, 1.165) is 0 Å². The Kier molecular flexibility index (Phi) is 2.68. The second kappa shape index (κ2) is 3.11. The fourth-order valence-corrected chi connectivity index (χ4v) is 2.78. The molecule has 0 unspecified atom stereocenters. The summed E-state index contributed by atoms with van der Waals surface area (Å²) in [6, 6.07) is 0. The van der Waals surface area contributed by atoms with Gasteiger partial charge in [0.1, 0.15) is 12.3 Å². The number of hydrogen-bond donors (Lipinski definition) is 0. The minimum absolute atomic E-state index is 0. The van der Waals surface area contributed by atoms with Crippen LogP contribution >= 0.6 is 12.3 Å². The topological polar surface area (TPSA) is 102 Å². The van der Waals surface area contributed by atoms with E-state index in [0.29, 0.717) is 12.3 Å². The molecule has 7 rings (SSSR count). The van der Waals surface area contributed by atoms with Crippen LogP contribution in [0.4, 0.5) is 0 Å². The summed E-state index contributed by atoms with van der Waals surface area (Å²) in [5.41, 5.74) is 0. The largest absolute Gasteiger partial charge is 2.00 e. The Balaban J connectivity index is 0.0000000933. The summed E-state index contributed by atoms with van der Waals surface area (Å²) in [7, 11) is -6.16. The second-order valence-electron chi connectivity index (χ2n) is 2.14. The van der Waals surface area contributed by atoms with Gasteiger partial charge in [-0.25, -0.2) is 0 Å². The molecular weight excluding hydrogens is 268 g/mol. The van der Waals surface area contributed by atoms with Crippen molar-refractivity contribution in [2.75, 3.05) is 0 Å². The quantitative estimate of drug-likeness (QED) is 0.327. The molecule has 13 heavy (non-hydrogen) atoms. The van der Waals surface area contributed by atoms with Crippen molar-refractivity contribution < 1.29 is 35.0 Å². The van der Waals surface area contributed by atoms with Gasteiger partial charge < -0.3 is 17.3 Å². The van der Waals surface area contributed by atoms with Crippen LogP contribution in [0.25, 0.3) is 0 Å². The third-order valence-electron chi connectivity index (χ3n) is 1.27. The van der Waals surface area contributed by atoms with E-state index < -0.39 is 24.3 Å². The van der Waals surface area contributed by atoms with Crippen LogP contribution in [-0.2, 0) is 25.4 Å². The Morgan fingerprint density at radius 3 is 1.23 bits per heavy atom. The van der Waals surface area contributed by atoms with E-state index in [2.05, 4.69) is 7.74 Å². The van der Waals surface area contributed by atoms with E-state index in [1.807, 2.05) is 0 Å². The average Bonchev–Trinajstić information content (AvgIpc) is 1.48. The smallest absolute Gasteiger partial charge is 0.826 e. The van der Waals surface area contributed by atoms with E-state index in [9.17, 15) is 9.59 Å². The predicted molar refractivity (Wildman–Crippen MR) is 34.1 cm³/mol. The van der Waals surface area contributed by atoms with Crippen molar-refractivity contribution in [1.82, 2.24) is 0 Å². The molecule has 2 bridgehead atoms. The maximum Gasteiger partial charge on any atom is 2.00 e. The SMILES string of the molecule is O1C23O[Si]1(O2)O3.[Ca+2].[O-][Si]1([O-])OSO1. The average molecular weight is 268 g/mol. The standard InChI is InChI=1S/CO4Si.Ca.O4SSi/c2-1-3-6(2,4-1)5-1;;1-6(2)3-5-4-6/q;+2;-2. The van der Waals surface area contributed by atoms with Crippen molar-refractivity contribution in [3.8, 4) is 0 Å². The van der Waals surface area contributed by atoms with Gasteiger partial charge in [0.05, 0.1) is 0 Å². The van der Waals surface area contributed by atoms with Gasteiger partial charge in [0.2, 0.25) is 0 Å². The molecule has 7 aliphatic rings. The summed E-state index contributed by atoms with van der Waals surface area (Å²) in [4.78, 5) is 19.4. The third-order valence-corrected chi connectivity index (χ3v) is 5.45. The molecule has 0 spiro atoms. The van der Waals surface area contributed by atoms with Gasteiger partial charge in [-0.3, -0.25) is 17.7 Å². The van der Waals surface area contributed by atoms with Crippen molar-refractivity contribution >= 4 is 68.2 Å². The minimum atomic E-state index is -3.99. The molecule has 7 saturated heterocycles. The van der Waals surface area contributed by atoms with Crippen LogP contribution in [0.2, 0.25) is 0 Å². The molecule has 0 atom stereocenters. The molecule has 0 N–H and O–H groups in total. The van der Waals surface area contributed by atoms with Crippen molar-refractivity contribution in [2.24, 2.45) is 0 Å². The molecule has 68 valence electrons. The molecule has 0 saturated carbocycles. The molecule has 0 aliphatic carbocycles. The number of hydrogen-bond acceptors (Lipinski definition) is 9. The Morgan fingerprint density at radius 1 is 1.00 bits per heavy atom. The molecule has 0 aromatic heterocycles. The Labute approximate surface area is 108 Å². The zero-order valence-electron chi connectivity index (χ0n) is 5.88. The van der Waals surface area contributed by atoms with Gasteiger partial charge in [-0.1, -0.05) is 0 Å². The van der Waals surface area contributed by atoms with Gasteiger partial charge in [-0.15, -0.1) is 0 Å². The molecular formula is CCaO8SSi2. The first-order valence-corrected chi connectivity index (χ1v) is 6.72. The van der Waals surface area contributed by atoms with Gasteiger partial charge in [-0.05, 0) is 0 Å². The van der Waals surface area contributed by atoms with Gasteiger partial charge in [0.15, 0.2) is 9.05 Å². The monoisotopic (exact) mass is 268 g/mol. The predicted octanol–water partition coefficient (Wildman–Crippen LogP) is -3.49. The maximum atomic E-state index is 9.68. The second-order valence-corrected chi connectivity index (χ2v) is 6.43. The Hall–Kier alpha value is 1.72. The van der Waals surface area contributed by atoms with E-state index in [4.69, 9.17) is 17.7 Å². The van der Waals surface area contributed by atoms with Crippen molar-refractivity contribution in [3.63, 3.8) is 0 Å². The first kappa shape index (κ1) is 11.2. The Bertz CT molecular complexity index is 188. The summed E-state index contributed by atoms with van der Waals surface area (Å²) in [6.07, 6.45) is -0.938. The zero-order valence-corrected chi connectivity index (χ0v) is 10.9. The van der Waals surface area contributed by atoms with Crippen LogP contribution in [0.5, 0.6) is 0 Å². The van der Waals surface area contributed by atoms with Gasteiger partial charge >= 0.3 is 52.9 Å². The molecule has 12 heteroatoms. The van der Waals surface area contributed by atoms with E-state index >= 15 is 0 Å². The van der Waals surface area contributed by atoms with Crippen LogP contribution in [0.1, 0.15) is 0 Å². The summed E-state index contributed by atoms with van der Waals surface area (Å²) in [5.74, 6) is 0. The molecule has 0 amide bonds. The third kappa shape index (κ3) is 1.66. The van der Waals surface area contributed by atoms with Crippen molar-refractivity contribution in [3.05, 3.63) is 0 Å². The minimum Gasteiger partial charge on any atom is -0.826 e. The molecule has 0 aromatic rings. The summed E-state index contributed by atoms with van der Waals surface area (Å²) < 4.78 is 26.7. The van der Waals surface area contributed by atoms with Crippen molar-refractivity contribution in [2.45, 2.75) is 6.16 Å². The normalized spacial score (nSPS) is 50.3. The van der Waals surface area contributed by atoms with Crippen molar-refractivity contribution in [1.29, 1.82) is 0 Å². The molecule has 0 radical (unpaired) electrons. The fraction of sp³-hybridized carbons (Fsp3) is 1.00. The summed E-state index contributed by atoms with van der Waals surface area (Å²) >= 11 is 0.481. The van der Waals surface area contributed by atoms with E-state index in [1.54, 1.807) is 0 Å². The first-order valence-electron chi connectivity index (χ1n) is 2.78. The Morgan fingerprint density at radius 2 is 1.23 bits per heavy atom. The van der Waals surface area contributed by atoms with Crippen LogP contribution < -0.4 is 9.59 Å². The number of rotatable bonds is 0. The fourth-order valence-electron chi connectivity index (χ4n) is 0.748. The molecule has 8 nitrogen and oxygen atoms in total. The first-order chi connectivity index (χ1) is 5.54. The zero-order chi connectivity index (χ0) is 8.45. The van der Waals surface area contributed by atoms with Gasteiger partial charge in [0, 0.05) is 0 Å². The summed E-state index contributed by atoms with van der Waals surface area (Å²) in [5, 5.41) is 0. The molecule has 0 aromatic carbocycles. The molecule has 7 heterocycles. The summed E-state index contributed by atoms with van der Waals surface area (Å²) in [6.45, 7) is 0. The van der Waals surface area contributed by atoms with E-state index in [1.165, 1.54) is 0 Å². The van der Waals surface area contributed by atoms with Crippen LogP contribution in [-0.4, -0.2) is 62.0 Å². The molecule has 7 fully saturated rings. The molecule has 7 aliphatic heterocycles. The van der Waals surface area contributed by atoms with Crippen LogP contribution in [0, 0.1) is 0 Å². The van der Waals surface area contributed by atoms with Crippen LogP contribution in [0.15, 0.2) is 0 Å². The van der Waals surface area contributed by atoms with Gasteiger partial charge in [-0.2, -0.15) is 0 Å². The van der Waals surface area contributed by atoms with Gasteiger partial charge in [0.25, 0.3) is 0 Å². The van der Waals surface area contributed by atoms with Crippen LogP contribution in [0.3, 0.4) is 0 Å². The van der Waals surface area contributed by atoms with E-state index in [-0.39, 0.29) is 37.7 Å².